The Bertz CT molecular complexity index is 587. The quantitative estimate of drug-likeness (QED) is 0.147. The Hall–Kier alpha value is -0.710. The van der Waals surface area contributed by atoms with Crippen LogP contribution in [0, 0.1) is 11.8 Å². The van der Waals surface area contributed by atoms with E-state index in [1.807, 2.05) is 13.8 Å². The van der Waals surface area contributed by atoms with Crippen LogP contribution in [0.1, 0.15) is 67.2 Å². The van der Waals surface area contributed by atoms with Gasteiger partial charge in [0, 0.05) is 24.8 Å². The molecule has 0 saturated heterocycles. The van der Waals surface area contributed by atoms with Gasteiger partial charge in [0.2, 0.25) is 0 Å². The van der Waals surface area contributed by atoms with E-state index in [1.165, 1.54) is 0 Å². The molecule has 0 rings (SSSR count). The van der Waals surface area contributed by atoms with Crippen molar-refractivity contribution in [3.8, 4) is 0 Å². The van der Waals surface area contributed by atoms with Gasteiger partial charge in [-0.15, -0.1) is 0 Å². The van der Waals surface area contributed by atoms with Gasteiger partial charge >= 0.3 is 11.9 Å². The fourth-order valence-corrected chi connectivity index (χ4v) is 3.99. The average Bonchev–Trinajstić information content (AvgIpc) is 2.72. The number of likely N-dealkylation sites (N-methyl/N-ethyl adjacent to an activating group) is 1. The van der Waals surface area contributed by atoms with Crippen LogP contribution in [0.4, 0.5) is 0 Å². The third-order valence-electron chi connectivity index (χ3n) is 6.83. The van der Waals surface area contributed by atoms with Gasteiger partial charge in [-0.05, 0) is 32.1 Å². The van der Waals surface area contributed by atoms with Gasteiger partial charge in [0.25, 0.3) is 0 Å². The van der Waals surface area contributed by atoms with Crippen molar-refractivity contribution in [1.82, 2.24) is 5.32 Å². The van der Waals surface area contributed by atoms with Crippen LogP contribution in [0.25, 0.3) is 0 Å². The molecule has 0 radical (unpaired) electrons. The Labute approximate surface area is 200 Å². The molecule has 0 aromatic heterocycles. The first kappa shape index (κ1) is 31.3. The number of thiol groups is 1. The van der Waals surface area contributed by atoms with E-state index in [4.69, 9.17) is 11.5 Å². The monoisotopic (exact) mass is 477 g/mol. The number of quaternary nitrogens is 1. The van der Waals surface area contributed by atoms with Gasteiger partial charge in [0.15, 0.2) is 6.04 Å². The van der Waals surface area contributed by atoms with Gasteiger partial charge in [0.05, 0.1) is 18.7 Å². The first-order chi connectivity index (χ1) is 14.6. The fraction of sp³-hybridized carbons (Fsp3) is 0.913. The molecule has 0 aliphatic carbocycles. The van der Waals surface area contributed by atoms with Crippen LogP contribution in [0.3, 0.4) is 0 Å². The molecular weight excluding hydrogens is 428 g/mol. The summed E-state index contributed by atoms with van der Waals surface area (Å²) in [6.45, 7) is 12.1. The minimum absolute atomic E-state index is 0.0729. The molecule has 0 heterocycles. The van der Waals surface area contributed by atoms with E-state index in [0.29, 0.717) is 12.3 Å². The number of nitrogens with two attached hydrogens (primary N) is 2. The Morgan fingerprint density at radius 2 is 1.66 bits per heavy atom. The highest BCUT2D eigenvalue weighted by molar-refractivity contribution is 7.80. The van der Waals surface area contributed by atoms with Crippen molar-refractivity contribution in [2.45, 2.75) is 97.0 Å². The molecule has 0 aliphatic rings. The number of carbonyl (C=O) groups excluding carboxylic acids is 1. The second kappa shape index (κ2) is 13.9. The van der Waals surface area contributed by atoms with Crippen molar-refractivity contribution in [2.24, 2.45) is 23.3 Å². The summed E-state index contributed by atoms with van der Waals surface area (Å²) in [6.07, 6.45) is 2.01. The predicted molar refractivity (Wildman–Crippen MR) is 134 cm³/mol. The Kier molecular flexibility index (Phi) is 13.6. The van der Waals surface area contributed by atoms with Crippen LogP contribution < -0.4 is 16.8 Å². The number of aliphatic carboxylic acids is 1. The summed E-state index contributed by atoms with van der Waals surface area (Å²) in [5.41, 5.74) is 11.4. The molecule has 8 nitrogen and oxygen atoms in total. The van der Waals surface area contributed by atoms with Crippen molar-refractivity contribution in [3.63, 3.8) is 0 Å². The van der Waals surface area contributed by atoms with Gasteiger partial charge in [-0.25, -0.2) is 14.1 Å². The fourth-order valence-electron chi connectivity index (χ4n) is 3.86. The number of hydrogen-bond donors (Lipinski definition) is 6. The van der Waals surface area contributed by atoms with Gasteiger partial charge in [-0.1, -0.05) is 40.5 Å². The molecule has 0 saturated carbocycles. The number of carboxylic acid groups (broad SMARTS) is 1. The number of nitrogens with zero attached hydrogens (tertiary/aromatic N) is 1. The minimum atomic E-state index is -1.06. The van der Waals surface area contributed by atoms with Gasteiger partial charge in [-0.2, -0.15) is 12.6 Å². The SMILES string of the molecule is CC[C@H](C)[C@H](N)C(=O)[N+](C)(C[C@@H](NC[C@@H](N)CS)[C@@H](C)CC)[C@@H](CCC(C)(C)O)C(=O)O. The van der Waals surface area contributed by atoms with Gasteiger partial charge in [-0.3, -0.25) is 0 Å². The molecule has 0 fully saturated rings. The molecule has 190 valence electrons. The molecule has 7 N–H and O–H groups in total. The van der Waals surface area contributed by atoms with E-state index in [-0.39, 0.29) is 53.7 Å². The molecule has 0 aromatic carbocycles. The smallest absolute Gasteiger partial charge is 0.363 e. The first-order valence-electron chi connectivity index (χ1n) is 11.8. The first-order valence-corrected chi connectivity index (χ1v) is 12.5. The van der Waals surface area contributed by atoms with E-state index in [0.717, 1.165) is 12.8 Å². The van der Waals surface area contributed by atoms with Gasteiger partial charge < -0.3 is 27.0 Å². The summed E-state index contributed by atoms with van der Waals surface area (Å²) < 4.78 is -0.324. The van der Waals surface area contributed by atoms with Crippen LogP contribution in [-0.2, 0) is 9.59 Å². The summed E-state index contributed by atoms with van der Waals surface area (Å²) in [6, 6.07) is -2.07. The summed E-state index contributed by atoms with van der Waals surface area (Å²) in [4.78, 5) is 26.2. The maximum atomic E-state index is 13.7. The number of aliphatic hydroxyl groups is 1. The van der Waals surface area contributed by atoms with Crippen molar-refractivity contribution >= 4 is 24.5 Å². The Balaban J connectivity index is 6.24. The average molecular weight is 478 g/mol. The highest BCUT2D eigenvalue weighted by Crippen LogP contribution is 2.26. The van der Waals surface area contributed by atoms with Crippen LogP contribution in [0.15, 0.2) is 0 Å². The second-order valence-electron chi connectivity index (χ2n) is 10.2. The zero-order chi connectivity index (χ0) is 25.3. The number of rotatable bonds is 16. The normalized spacial score (nSPS) is 20.0. The van der Waals surface area contributed by atoms with Gasteiger partial charge in [0.1, 0.15) is 12.6 Å². The predicted octanol–water partition coefficient (Wildman–Crippen LogP) is 1.60. The van der Waals surface area contributed by atoms with Crippen molar-refractivity contribution in [2.75, 3.05) is 25.9 Å². The number of amides is 1. The highest BCUT2D eigenvalue weighted by Gasteiger charge is 2.49. The lowest BCUT2D eigenvalue weighted by molar-refractivity contribution is -0.854. The molecule has 7 atom stereocenters. The van der Waals surface area contributed by atoms with E-state index >= 15 is 0 Å². The summed E-state index contributed by atoms with van der Waals surface area (Å²) in [5.74, 6) is -0.701. The number of hydrogen-bond acceptors (Lipinski definition) is 7. The van der Waals surface area contributed by atoms with Crippen LogP contribution in [-0.4, -0.2) is 82.2 Å². The molecule has 32 heavy (non-hydrogen) atoms. The lowest BCUT2D eigenvalue weighted by Crippen LogP contribution is -2.68. The molecule has 1 amide bonds. The third kappa shape index (κ3) is 9.65. The maximum absolute atomic E-state index is 13.7. The van der Waals surface area contributed by atoms with Crippen molar-refractivity contribution < 1.29 is 24.3 Å². The standard InChI is InChI=1S/C23H48N4O4S/c1-8-15(3)18(26-12-17(24)14-32)13-27(7,21(28)20(25)16(4)9-2)19(22(29)30)10-11-23(5,6)31/h15-20,26,31H,8-14,24-25H2,1-7H3,(H-,29,30,32)/p+1/t15-,16-,17+,18+,19-,20-,27?/m0/s1. The molecule has 0 aliphatic heterocycles. The van der Waals surface area contributed by atoms with E-state index in [2.05, 4.69) is 31.8 Å². The largest absolute Gasteiger partial charge is 0.477 e. The van der Waals surface area contributed by atoms with E-state index < -0.39 is 23.7 Å². The van der Waals surface area contributed by atoms with Crippen LogP contribution in [0.5, 0.6) is 0 Å². The molecule has 0 aromatic rings. The highest BCUT2D eigenvalue weighted by atomic mass is 32.1. The topological polar surface area (TPSA) is 139 Å². The van der Waals surface area contributed by atoms with Crippen LogP contribution in [0.2, 0.25) is 0 Å². The zero-order valence-corrected chi connectivity index (χ0v) is 22.1. The lowest BCUT2D eigenvalue weighted by atomic mass is 9.91. The second-order valence-corrected chi connectivity index (χ2v) is 10.6. The molecule has 1 unspecified atom stereocenters. The van der Waals surface area contributed by atoms with Crippen molar-refractivity contribution in [1.29, 1.82) is 0 Å². The zero-order valence-electron chi connectivity index (χ0n) is 21.2. The Morgan fingerprint density at radius 3 is 2.06 bits per heavy atom. The van der Waals surface area contributed by atoms with Crippen LogP contribution >= 0.6 is 12.6 Å². The number of carboxylic acids is 1. The number of carbonyl (C=O) groups is 2. The van der Waals surface area contributed by atoms with E-state index in [1.54, 1.807) is 20.9 Å². The molecule has 0 spiro atoms. The van der Waals surface area contributed by atoms with E-state index in [9.17, 15) is 19.8 Å². The summed E-state index contributed by atoms with van der Waals surface area (Å²) >= 11 is 4.24. The maximum Gasteiger partial charge on any atom is 0.363 e. The molecule has 9 heteroatoms. The summed E-state index contributed by atoms with van der Waals surface area (Å²) in [7, 11) is 1.68. The summed E-state index contributed by atoms with van der Waals surface area (Å²) in [5, 5.41) is 23.8. The molecular formula is C23H49N4O4S+. The van der Waals surface area contributed by atoms with Crippen molar-refractivity contribution in [3.05, 3.63) is 0 Å². The minimum Gasteiger partial charge on any atom is -0.477 e. The third-order valence-corrected chi connectivity index (χ3v) is 7.30. The lowest BCUT2D eigenvalue weighted by Gasteiger charge is -2.43. The Morgan fingerprint density at radius 1 is 1.12 bits per heavy atom. The molecule has 0 bridgehead atoms. The number of nitrogens with one attached hydrogen (secondary N) is 1.